The van der Waals surface area contributed by atoms with Crippen LogP contribution < -0.4 is 5.32 Å². The Kier molecular flexibility index (Phi) is 4.19. The van der Waals surface area contributed by atoms with Crippen molar-refractivity contribution in [2.24, 2.45) is 0 Å². The Morgan fingerprint density at radius 2 is 2.16 bits per heavy atom. The summed E-state index contributed by atoms with van der Waals surface area (Å²) in [6.45, 7) is 1.81. The van der Waals surface area contributed by atoms with Gasteiger partial charge in [-0.2, -0.15) is 5.10 Å². The topological polar surface area (TPSA) is 78.0 Å². The first-order chi connectivity index (χ1) is 9.06. The summed E-state index contributed by atoms with van der Waals surface area (Å²) in [5, 5.41) is 19.1. The first kappa shape index (κ1) is 13.6. The van der Waals surface area contributed by atoms with Gasteiger partial charge in [0, 0.05) is 17.1 Å². The predicted molar refractivity (Wildman–Crippen MR) is 73.0 cm³/mol. The number of H-pyrrole nitrogens is 1. The van der Waals surface area contributed by atoms with Gasteiger partial charge in [0.05, 0.1) is 11.8 Å². The summed E-state index contributed by atoms with van der Waals surface area (Å²) >= 11 is 5.81. The number of benzene rings is 1. The second kappa shape index (κ2) is 5.86. The molecule has 19 heavy (non-hydrogen) atoms. The third kappa shape index (κ3) is 3.56. The molecule has 0 bridgehead atoms. The number of aromatic amines is 1. The average molecular weight is 280 g/mol. The second-order valence-electron chi connectivity index (χ2n) is 4.23. The normalized spacial score (nSPS) is 12.2. The maximum absolute atomic E-state index is 11.7. The zero-order valence-electron chi connectivity index (χ0n) is 10.4. The van der Waals surface area contributed by atoms with Crippen molar-refractivity contribution < 1.29 is 9.90 Å². The molecule has 1 amide bonds. The highest BCUT2D eigenvalue weighted by molar-refractivity contribution is 6.30. The zero-order valence-corrected chi connectivity index (χ0v) is 11.1. The first-order valence-electron chi connectivity index (χ1n) is 5.84. The van der Waals surface area contributed by atoms with Crippen LogP contribution in [-0.2, 0) is 0 Å². The van der Waals surface area contributed by atoms with Gasteiger partial charge in [0.25, 0.3) is 5.91 Å². The van der Waals surface area contributed by atoms with Gasteiger partial charge in [-0.1, -0.05) is 23.7 Å². The number of amides is 1. The lowest BCUT2D eigenvalue weighted by Gasteiger charge is -2.04. The Morgan fingerprint density at radius 3 is 2.79 bits per heavy atom. The van der Waals surface area contributed by atoms with Gasteiger partial charge in [-0.3, -0.25) is 9.89 Å². The van der Waals surface area contributed by atoms with Gasteiger partial charge >= 0.3 is 0 Å². The van der Waals surface area contributed by atoms with E-state index < -0.39 is 6.10 Å². The minimum Gasteiger partial charge on any atom is -0.392 e. The number of hydrogen-bond donors (Lipinski definition) is 3. The SMILES string of the molecule is CC(O)CNC(=O)c1cc(-c2ccc(Cl)cc2)n[nH]1. The number of hydrogen-bond acceptors (Lipinski definition) is 3. The summed E-state index contributed by atoms with van der Waals surface area (Å²) in [5.74, 6) is -0.298. The third-order valence-corrected chi connectivity index (χ3v) is 2.77. The molecule has 100 valence electrons. The van der Waals surface area contributed by atoms with Crippen molar-refractivity contribution in [3.8, 4) is 11.3 Å². The van der Waals surface area contributed by atoms with Crippen molar-refractivity contribution in [3.05, 3.63) is 41.0 Å². The molecule has 0 spiro atoms. The molecular formula is C13H14ClN3O2. The molecule has 0 aliphatic rings. The van der Waals surface area contributed by atoms with Crippen molar-refractivity contribution in [2.45, 2.75) is 13.0 Å². The maximum atomic E-state index is 11.7. The van der Waals surface area contributed by atoms with Gasteiger partial charge in [0.15, 0.2) is 0 Å². The van der Waals surface area contributed by atoms with Crippen LogP contribution in [0.2, 0.25) is 5.02 Å². The summed E-state index contributed by atoms with van der Waals surface area (Å²) in [5.41, 5.74) is 1.89. The highest BCUT2D eigenvalue weighted by Crippen LogP contribution is 2.20. The van der Waals surface area contributed by atoms with Gasteiger partial charge in [0.1, 0.15) is 5.69 Å². The van der Waals surface area contributed by atoms with E-state index in [4.69, 9.17) is 16.7 Å². The Morgan fingerprint density at radius 1 is 1.47 bits per heavy atom. The molecule has 3 N–H and O–H groups in total. The quantitative estimate of drug-likeness (QED) is 0.799. The van der Waals surface area contributed by atoms with Crippen molar-refractivity contribution >= 4 is 17.5 Å². The number of aliphatic hydroxyl groups is 1. The highest BCUT2D eigenvalue weighted by Gasteiger charge is 2.11. The van der Waals surface area contributed by atoms with Crippen LogP contribution in [0.3, 0.4) is 0 Å². The van der Waals surface area contributed by atoms with Crippen molar-refractivity contribution in [1.82, 2.24) is 15.5 Å². The number of halogens is 1. The fourth-order valence-corrected chi connectivity index (χ4v) is 1.67. The van der Waals surface area contributed by atoms with E-state index in [-0.39, 0.29) is 12.5 Å². The summed E-state index contributed by atoms with van der Waals surface area (Å²) in [6.07, 6.45) is -0.581. The molecule has 0 saturated heterocycles. The summed E-state index contributed by atoms with van der Waals surface area (Å²) in [7, 11) is 0. The minimum absolute atomic E-state index is 0.203. The summed E-state index contributed by atoms with van der Waals surface area (Å²) in [6, 6.07) is 8.84. The van der Waals surface area contributed by atoms with Crippen LogP contribution in [0.1, 0.15) is 17.4 Å². The Hall–Kier alpha value is -1.85. The molecule has 1 unspecified atom stereocenters. The third-order valence-electron chi connectivity index (χ3n) is 2.52. The molecule has 6 heteroatoms. The summed E-state index contributed by atoms with van der Waals surface area (Å²) in [4.78, 5) is 11.7. The number of carbonyl (C=O) groups is 1. The number of nitrogens with zero attached hydrogens (tertiary/aromatic N) is 1. The monoisotopic (exact) mass is 279 g/mol. The number of aliphatic hydroxyl groups excluding tert-OH is 1. The number of aromatic nitrogens is 2. The number of nitrogens with one attached hydrogen (secondary N) is 2. The van der Waals surface area contributed by atoms with Crippen molar-refractivity contribution in [3.63, 3.8) is 0 Å². The smallest absolute Gasteiger partial charge is 0.269 e. The van der Waals surface area contributed by atoms with E-state index in [1.54, 1.807) is 25.1 Å². The maximum Gasteiger partial charge on any atom is 0.269 e. The van der Waals surface area contributed by atoms with E-state index in [1.807, 2.05) is 12.1 Å². The summed E-state index contributed by atoms with van der Waals surface area (Å²) < 4.78 is 0. The van der Waals surface area contributed by atoms with Gasteiger partial charge in [-0.05, 0) is 25.1 Å². The zero-order chi connectivity index (χ0) is 13.8. The number of rotatable bonds is 4. The van der Waals surface area contributed by atoms with E-state index >= 15 is 0 Å². The molecule has 0 saturated carbocycles. The molecular weight excluding hydrogens is 266 g/mol. The second-order valence-corrected chi connectivity index (χ2v) is 4.67. The molecule has 0 aliphatic carbocycles. The lowest BCUT2D eigenvalue weighted by Crippen LogP contribution is -2.30. The lowest BCUT2D eigenvalue weighted by atomic mass is 10.1. The Bertz CT molecular complexity index is 564. The largest absolute Gasteiger partial charge is 0.392 e. The molecule has 1 heterocycles. The van der Waals surface area contributed by atoms with E-state index in [2.05, 4.69) is 15.5 Å². The molecule has 1 aromatic heterocycles. The fourth-order valence-electron chi connectivity index (χ4n) is 1.54. The van der Waals surface area contributed by atoms with E-state index in [0.717, 1.165) is 5.56 Å². The Labute approximate surface area is 115 Å². The average Bonchev–Trinajstić information content (AvgIpc) is 2.86. The highest BCUT2D eigenvalue weighted by atomic mass is 35.5. The molecule has 1 atom stereocenters. The van der Waals surface area contributed by atoms with Gasteiger partial charge in [-0.15, -0.1) is 0 Å². The van der Waals surface area contributed by atoms with Crippen LogP contribution in [0, 0.1) is 0 Å². The van der Waals surface area contributed by atoms with Gasteiger partial charge in [-0.25, -0.2) is 0 Å². The fraction of sp³-hybridized carbons (Fsp3) is 0.231. The van der Waals surface area contributed by atoms with Crippen LogP contribution in [0.5, 0.6) is 0 Å². The molecule has 0 radical (unpaired) electrons. The van der Waals surface area contributed by atoms with E-state index in [9.17, 15) is 4.79 Å². The van der Waals surface area contributed by atoms with E-state index in [1.165, 1.54) is 0 Å². The van der Waals surface area contributed by atoms with Gasteiger partial charge in [0.2, 0.25) is 0 Å². The van der Waals surface area contributed by atoms with Crippen LogP contribution >= 0.6 is 11.6 Å². The van der Waals surface area contributed by atoms with Crippen LogP contribution in [0.4, 0.5) is 0 Å². The van der Waals surface area contributed by atoms with Crippen molar-refractivity contribution in [1.29, 1.82) is 0 Å². The van der Waals surface area contributed by atoms with Gasteiger partial charge < -0.3 is 10.4 Å². The molecule has 1 aromatic carbocycles. The lowest BCUT2D eigenvalue weighted by molar-refractivity contribution is 0.0919. The number of carbonyl (C=O) groups excluding carboxylic acids is 1. The predicted octanol–water partition coefficient (Wildman–Crippen LogP) is 1.84. The van der Waals surface area contributed by atoms with E-state index in [0.29, 0.717) is 16.4 Å². The Balaban J connectivity index is 2.10. The van der Waals surface area contributed by atoms with Crippen molar-refractivity contribution in [2.75, 3.05) is 6.54 Å². The molecule has 0 aliphatic heterocycles. The standard InChI is InChI=1S/C13H14ClN3O2/c1-8(18)7-15-13(19)12-6-11(16-17-12)9-2-4-10(14)5-3-9/h2-6,8,18H,7H2,1H3,(H,15,19)(H,16,17). The van der Waals surface area contributed by atoms with Crippen LogP contribution in [-0.4, -0.2) is 33.9 Å². The van der Waals surface area contributed by atoms with Crippen LogP contribution in [0.25, 0.3) is 11.3 Å². The van der Waals surface area contributed by atoms with Crippen LogP contribution in [0.15, 0.2) is 30.3 Å². The molecule has 0 fully saturated rings. The molecule has 2 rings (SSSR count). The molecule has 2 aromatic rings. The first-order valence-corrected chi connectivity index (χ1v) is 6.21. The minimum atomic E-state index is -0.581. The molecule has 5 nitrogen and oxygen atoms in total.